The van der Waals surface area contributed by atoms with Gasteiger partial charge in [-0.1, -0.05) is 0 Å². The topological polar surface area (TPSA) is 67.6 Å². The van der Waals surface area contributed by atoms with Crippen LogP contribution in [0.4, 0.5) is 4.79 Å². The summed E-state index contributed by atoms with van der Waals surface area (Å²) in [4.78, 5) is 14.1. The Morgan fingerprint density at radius 3 is 2.76 bits per heavy atom. The van der Waals surface area contributed by atoms with E-state index in [0.29, 0.717) is 19.2 Å². The maximum atomic E-state index is 12.2. The normalized spacial score (nSPS) is 24.4. The Hall–Kier alpha value is -0.810. The minimum absolute atomic E-state index is 0.0682. The average molecular weight is 241 g/mol. The van der Waals surface area contributed by atoms with Crippen LogP contribution < -0.4 is 11.1 Å². The van der Waals surface area contributed by atoms with Crippen LogP contribution in [0.15, 0.2) is 0 Å². The van der Waals surface area contributed by atoms with Crippen molar-refractivity contribution in [1.29, 1.82) is 0 Å². The molecule has 0 aromatic rings. The van der Waals surface area contributed by atoms with E-state index in [1.54, 1.807) is 0 Å². The fourth-order valence-electron chi connectivity index (χ4n) is 2.32. The molecule has 0 aromatic heterocycles. The molecule has 1 atom stereocenters. The fraction of sp³-hybridized carbons (Fsp3) is 0.917. The Bertz CT molecular complexity index is 250. The summed E-state index contributed by atoms with van der Waals surface area (Å²) in [6.45, 7) is 2.84. The number of hydrogen-bond acceptors (Lipinski definition) is 3. The van der Waals surface area contributed by atoms with Crippen molar-refractivity contribution in [3.05, 3.63) is 0 Å². The van der Waals surface area contributed by atoms with E-state index in [2.05, 4.69) is 5.32 Å². The van der Waals surface area contributed by atoms with Crippen molar-refractivity contribution in [3.63, 3.8) is 0 Å². The lowest BCUT2D eigenvalue weighted by atomic mass is 9.91. The van der Waals surface area contributed by atoms with Gasteiger partial charge < -0.3 is 20.7 Å². The molecule has 0 radical (unpaired) electrons. The SMILES string of the molecule is NCCCN(C(=O)NC1CCOC1)C1CCC1. The molecule has 0 bridgehead atoms. The average Bonchev–Trinajstić information content (AvgIpc) is 2.73. The summed E-state index contributed by atoms with van der Waals surface area (Å²) >= 11 is 0. The third-order valence-corrected chi connectivity index (χ3v) is 3.64. The molecule has 2 rings (SSSR count). The molecule has 17 heavy (non-hydrogen) atoms. The molecule has 2 amide bonds. The van der Waals surface area contributed by atoms with Crippen molar-refractivity contribution in [2.45, 2.75) is 44.2 Å². The van der Waals surface area contributed by atoms with Gasteiger partial charge in [0.2, 0.25) is 0 Å². The minimum Gasteiger partial charge on any atom is -0.379 e. The zero-order chi connectivity index (χ0) is 12.1. The van der Waals surface area contributed by atoms with Gasteiger partial charge in [-0.2, -0.15) is 0 Å². The number of hydrogen-bond donors (Lipinski definition) is 2. The molecule has 1 heterocycles. The first-order valence-corrected chi connectivity index (χ1v) is 6.66. The smallest absolute Gasteiger partial charge is 0.317 e. The van der Waals surface area contributed by atoms with Gasteiger partial charge in [0.1, 0.15) is 0 Å². The van der Waals surface area contributed by atoms with E-state index in [0.717, 1.165) is 38.8 Å². The summed E-state index contributed by atoms with van der Waals surface area (Å²) < 4.78 is 5.27. The van der Waals surface area contributed by atoms with Crippen LogP contribution in [0.25, 0.3) is 0 Å². The van der Waals surface area contributed by atoms with E-state index in [4.69, 9.17) is 10.5 Å². The molecule has 2 aliphatic rings. The van der Waals surface area contributed by atoms with Crippen LogP contribution in [0.5, 0.6) is 0 Å². The first-order chi connectivity index (χ1) is 8.31. The fourth-order valence-corrected chi connectivity index (χ4v) is 2.32. The molecule has 5 heteroatoms. The van der Waals surface area contributed by atoms with Gasteiger partial charge in [0.15, 0.2) is 0 Å². The minimum atomic E-state index is 0.0682. The predicted octanol–water partition coefficient (Wildman–Crippen LogP) is 0.688. The molecule has 3 N–H and O–H groups in total. The number of urea groups is 1. The van der Waals surface area contributed by atoms with Gasteiger partial charge in [0.05, 0.1) is 12.6 Å². The number of rotatable bonds is 5. The number of nitrogens with two attached hydrogens (primary N) is 1. The van der Waals surface area contributed by atoms with Crippen LogP contribution in [-0.2, 0) is 4.74 Å². The standard InChI is InChI=1S/C12H23N3O2/c13-6-2-7-15(11-3-1-4-11)12(16)14-10-5-8-17-9-10/h10-11H,1-9,13H2,(H,14,16). The van der Waals surface area contributed by atoms with Gasteiger partial charge in [0.25, 0.3) is 0 Å². The Morgan fingerprint density at radius 2 is 2.24 bits per heavy atom. The van der Waals surface area contributed by atoms with Crippen molar-refractivity contribution >= 4 is 6.03 Å². The van der Waals surface area contributed by atoms with E-state index in [9.17, 15) is 4.79 Å². The zero-order valence-corrected chi connectivity index (χ0v) is 10.4. The monoisotopic (exact) mass is 241 g/mol. The summed E-state index contributed by atoms with van der Waals surface area (Å²) in [6, 6.07) is 0.700. The molecule has 1 saturated heterocycles. The van der Waals surface area contributed by atoms with Gasteiger partial charge in [-0.15, -0.1) is 0 Å². The Morgan fingerprint density at radius 1 is 1.41 bits per heavy atom. The molecule has 98 valence electrons. The molecule has 1 aliphatic heterocycles. The summed E-state index contributed by atoms with van der Waals surface area (Å²) in [5.74, 6) is 0. The van der Waals surface area contributed by atoms with Crippen LogP contribution in [0.1, 0.15) is 32.1 Å². The van der Waals surface area contributed by atoms with Crippen molar-refractivity contribution in [2.24, 2.45) is 5.73 Å². The number of nitrogens with one attached hydrogen (secondary N) is 1. The lowest BCUT2D eigenvalue weighted by molar-refractivity contribution is 0.132. The lowest BCUT2D eigenvalue weighted by Crippen LogP contribution is -2.52. The molecule has 2 fully saturated rings. The Balaban J connectivity index is 1.82. The number of ether oxygens (including phenoxy) is 1. The van der Waals surface area contributed by atoms with E-state index in [1.165, 1.54) is 6.42 Å². The quantitative estimate of drug-likeness (QED) is 0.744. The molecule has 1 saturated carbocycles. The summed E-state index contributed by atoms with van der Waals surface area (Å²) in [5.41, 5.74) is 5.52. The van der Waals surface area contributed by atoms with Crippen LogP contribution in [0.3, 0.4) is 0 Å². The first kappa shape index (κ1) is 12.6. The maximum absolute atomic E-state index is 12.2. The lowest BCUT2D eigenvalue weighted by Gasteiger charge is -2.38. The Labute approximate surface area is 103 Å². The van der Waals surface area contributed by atoms with Crippen molar-refractivity contribution in [1.82, 2.24) is 10.2 Å². The highest BCUT2D eigenvalue weighted by Gasteiger charge is 2.29. The van der Waals surface area contributed by atoms with Gasteiger partial charge in [-0.05, 0) is 38.6 Å². The van der Waals surface area contributed by atoms with Gasteiger partial charge >= 0.3 is 6.03 Å². The summed E-state index contributed by atoms with van der Waals surface area (Å²) in [5, 5.41) is 3.06. The molecule has 1 aliphatic carbocycles. The molecule has 5 nitrogen and oxygen atoms in total. The van der Waals surface area contributed by atoms with Gasteiger partial charge in [-0.25, -0.2) is 4.79 Å². The third-order valence-electron chi connectivity index (χ3n) is 3.64. The van der Waals surface area contributed by atoms with Crippen molar-refractivity contribution in [3.8, 4) is 0 Å². The second-order valence-corrected chi connectivity index (χ2v) is 4.93. The van der Waals surface area contributed by atoms with Crippen molar-refractivity contribution in [2.75, 3.05) is 26.3 Å². The number of nitrogens with zero attached hydrogens (tertiary/aromatic N) is 1. The van der Waals surface area contributed by atoms with E-state index in [1.807, 2.05) is 4.90 Å². The second-order valence-electron chi connectivity index (χ2n) is 4.93. The van der Waals surface area contributed by atoms with Gasteiger partial charge in [-0.3, -0.25) is 0 Å². The van der Waals surface area contributed by atoms with E-state index < -0.39 is 0 Å². The molecular weight excluding hydrogens is 218 g/mol. The maximum Gasteiger partial charge on any atom is 0.317 e. The van der Waals surface area contributed by atoms with E-state index >= 15 is 0 Å². The van der Waals surface area contributed by atoms with Crippen molar-refractivity contribution < 1.29 is 9.53 Å². The largest absolute Gasteiger partial charge is 0.379 e. The van der Waals surface area contributed by atoms with E-state index in [-0.39, 0.29) is 12.1 Å². The van der Waals surface area contributed by atoms with Crippen LogP contribution in [0, 0.1) is 0 Å². The number of carbonyl (C=O) groups excluding carboxylic acids is 1. The number of carbonyl (C=O) groups is 1. The van der Waals surface area contributed by atoms with Crippen LogP contribution in [0.2, 0.25) is 0 Å². The van der Waals surface area contributed by atoms with Crippen LogP contribution in [-0.4, -0.2) is 49.3 Å². The summed E-state index contributed by atoms with van der Waals surface area (Å²) in [7, 11) is 0. The van der Waals surface area contributed by atoms with Gasteiger partial charge in [0, 0.05) is 19.2 Å². The predicted molar refractivity (Wildman–Crippen MR) is 65.8 cm³/mol. The highest BCUT2D eigenvalue weighted by Crippen LogP contribution is 2.25. The zero-order valence-electron chi connectivity index (χ0n) is 10.4. The Kier molecular flexibility index (Phi) is 4.62. The first-order valence-electron chi connectivity index (χ1n) is 6.66. The second kappa shape index (κ2) is 6.21. The number of amides is 2. The highest BCUT2D eigenvalue weighted by molar-refractivity contribution is 5.75. The molecular formula is C12H23N3O2. The molecule has 1 unspecified atom stereocenters. The van der Waals surface area contributed by atoms with Crippen LogP contribution >= 0.6 is 0 Å². The molecule has 0 spiro atoms. The highest BCUT2D eigenvalue weighted by atomic mass is 16.5. The third kappa shape index (κ3) is 3.33. The molecule has 0 aromatic carbocycles. The summed E-state index contributed by atoms with van der Waals surface area (Å²) in [6.07, 6.45) is 5.33.